The molecule has 0 radical (unpaired) electrons. The SMILES string of the molecule is CN(C)C(=O)CC1(C[N+](=O)[O-])COC1. The summed E-state index contributed by atoms with van der Waals surface area (Å²) in [4.78, 5) is 22.8. The topological polar surface area (TPSA) is 72.7 Å². The summed E-state index contributed by atoms with van der Waals surface area (Å²) >= 11 is 0. The van der Waals surface area contributed by atoms with Crippen LogP contribution in [0.25, 0.3) is 0 Å². The standard InChI is InChI=1S/C8H14N2O4/c1-9(2)7(11)3-8(4-10(12)13)5-14-6-8/h3-6H2,1-2H3. The minimum atomic E-state index is -0.565. The predicted molar refractivity (Wildman–Crippen MR) is 48.4 cm³/mol. The maximum Gasteiger partial charge on any atom is 0.223 e. The van der Waals surface area contributed by atoms with Gasteiger partial charge in [-0.2, -0.15) is 0 Å². The van der Waals surface area contributed by atoms with E-state index >= 15 is 0 Å². The van der Waals surface area contributed by atoms with Gasteiger partial charge in [0.1, 0.15) is 0 Å². The van der Waals surface area contributed by atoms with Crippen molar-refractivity contribution >= 4 is 5.91 Å². The normalized spacial score (nSPS) is 18.4. The van der Waals surface area contributed by atoms with Crippen molar-refractivity contribution in [1.82, 2.24) is 4.90 Å². The average Bonchev–Trinajstić information content (AvgIpc) is 1.99. The summed E-state index contributed by atoms with van der Waals surface area (Å²) in [7, 11) is 3.28. The quantitative estimate of drug-likeness (QED) is 0.466. The Morgan fingerprint density at radius 1 is 1.57 bits per heavy atom. The number of carbonyl (C=O) groups excluding carboxylic acids is 1. The van der Waals surface area contributed by atoms with Crippen LogP contribution >= 0.6 is 0 Å². The van der Waals surface area contributed by atoms with Crippen LogP contribution in [0, 0.1) is 15.5 Å². The van der Waals surface area contributed by atoms with E-state index in [1.807, 2.05) is 0 Å². The minimum Gasteiger partial charge on any atom is -0.380 e. The zero-order valence-electron chi connectivity index (χ0n) is 8.36. The van der Waals surface area contributed by atoms with Crippen LogP contribution in [0.5, 0.6) is 0 Å². The highest BCUT2D eigenvalue weighted by Crippen LogP contribution is 2.32. The fraction of sp³-hybridized carbons (Fsp3) is 0.875. The van der Waals surface area contributed by atoms with Crippen LogP contribution in [0.15, 0.2) is 0 Å². The van der Waals surface area contributed by atoms with Crippen LogP contribution in [0.1, 0.15) is 6.42 Å². The number of hydrogen-bond acceptors (Lipinski definition) is 4. The molecule has 80 valence electrons. The molecule has 0 aromatic heterocycles. The lowest BCUT2D eigenvalue weighted by Gasteiger charge is -2.37. The minimum absolute atomic E-state index is 0.0878. The molecule has 1 rings (SSSR count). The molecule has 14 heavy (non-hydrogen) atoms. The van der Waals surface area contributed by atoms with Crippen molar-refractivity contribution in [3.05, 3.63) is 10.1 Å². The molecule has 6 heteroatoms. The van der Waals surface area contributed by atoms with Gasteiger partial charge in [-0.05, 0) is 0 Å². The van der Waals surface area contributed by atoms with Crippen LogP contribution in [0.2, 0.25) is 0 Å². The second kappa shape index (κ2) is 3.91. The van der Waals surface area contributed by atoms with E-state index in [9.17, 15) is 14.9 Å². The van der Waals surface area contributed by atoms with E-state index in [0.717, 1.165) is 0 Å². The van der Waals surface area contributed by atoms with Crippen molar-refractivity contribution in [3.63, 3.8) is 0 Å². The van der Waals surface area contributed by atoms with E-state index < -0.39 is 5.41 Å². The summed E-state index contributed by atoms with van der Waals surface area (Å²) in [5.74, 6) is -0.0878. The van der Waals surface area contributed by atoms with Crippen LogP contribution in [0.4, 0.5) is 0 Å². The molecule has 0 N–H and O–H groups in total. The zero-order chi connectivity index (χ0) is 10.8. The molecule has 0 spiro atoms. The van der Waals surface area contributed by atoms with Gasteiger partial charge in [0.2, 0.25) is 12.5 Å². The van der Waals surface area contributed by atoms with Gasteiger partial charge in [0.15, 0.2) is 0 Å². The molecule has 1 amide bonds. The van der Waals surface area contributed by atoms with Crippen molar-refractivity contribution in [2.45, 2.75) is 6.42 Å². The Morgan fingerprint density at radius 2 is 2.14 bits per heavy atom. The number of carbonyl (C=O) groups is 1. The molecule has 0 atom stereocenters. The third-order valence-corrected chi connectivity index (χ3v) is 2.31. The fourth-order valence-electron chi connectivity index (χ4n) is 1.39. The summed E-state index contributed by atoms with van der Waals surface area (Å²) in [6.07, 6.45) is 0.195. The smallest absolute Gasteiger partial charge is 0.223 e. The third-order valence-electron chi connectivity index (χ3n) is 2.31. The van der Waals surface area contributed by atoms with E-state index in [1.54, 1.807) is 14.1 Å². The monoisotopic (exact) mass is 202 g/mol. The number of amides is 1. The molecular formula is C8H14N2O4. The van der Waals surface area contributed by atoms with Crippen molar-refractivity contribution in [1.29, 1.82) is 0 Å². The Bertz CT molecular complexity index is 248. The van der Waals surface area contributed by atoms with Gasteiger partial charge in [-0.25, -0.2) is 0 Å². The molecule has 0 aromatic rings. The Labute approximate surface area is 82.0 Å². The number of ether oxygens (including phenoxy) is 1. The van der Waals surface area contributed by atoms with Gasteiger partial charge in [-0.15, -0.1) is 0 Å². The van der Waals surface area contributed by atoms with Crippen molar-refractivity contribution in [3.8, 4) is 0 Å². The Morgan fingerprint density at radius 3 is 2.43 bits per heavy atom. The second-order valence-electron chi connectivity index (χ2n) is 3.95. The number of nitrogens with zero attached hydrogens (tertiary/aromatic N) is 2. The highest BCUT2D eigenvalue weighted by Gasteiger charge is 2.45. The van der Waals surface area contributed by atoms with Crippen LogP contribution in [0.3, 0.4) is 0 Å². The molecule has 1 aliphatic heterocycles. The largest absolute Gasteiger partial charge is 0.380 e. The zero-order valence-corrected chi connectivity index (χ0v) is 8.36. The summed E-state index contributed by atoms with van der Waals surface area (Å²) in [6.45, 7) is 0.438. The Balaban J connectivity index is 2.53. The van der Waals surface area contributed by atoms with Gasteiger partial charge in [-0.1, -0.05) is 0 Å². The molecule has 0 bridgehead atoms. The highest BCUT2D eigenvalue weighted by molar-refractivity contribution is 5.76. The molecule has 1 heterocycles. The van der Waals surface area contributed by atoms with E-state index in [2.05, 4.69) is 0 Å². The molecule has 0 aromatic carbocycles. The predicted octanol–water partition coefficient (Wildman–Crippen LogP) is -0.242. The third kappa shape index (κ3) is 2.41. The van der Waals surface area contributed by atoms with Crippen LogP contribution in [-0.2, 0) is 9.53 Å². The first kappa shape index (κ1) is 10.9. The first-order chi connectivity index (χ1) is 6.45. The van der Waals surface area contributed by atoms with Crippen LogP contribution in [-0.4, -0.2) is 49.6 Å². The van der Waals surface area contributed by atoms with Crippen molar-refractivity contribution in [2.24, 2.45) is 5.41 Å². The summed E-state index contributed by atoms with van der Waals surface area (Å²) < 4.78 is 4.94. The second-order valence-corrected chi connectivity index (χ2v) is 3.95. The van der Waals surface area contributed by atoms with E-state index in [0.29, 0.717) is 13.2 Å². The van der Waals surface area contributed by atoms with Crippen molar-refractivity contribution in [2.75, 3.05) is 33.9 Å². The number of hydrogen-bond donors (Lipinski definition) is 0. The summed E-state index contributed by atoms with van der Waals surface area (Å²) in [5, 5.41) is 10.4. The van der Waals surface area contributed by atoms with Gasteiger partial charge in [0, 0.05) is 25.4 Å². The lowest BCUT2D eigenvalue weighted by atomic mass is 9.82. The van der Waals surface area contributed by atoms with Gasteiger partial charge < -0.3 is 9.64 Å². The van der Waals surface area contributed by atoms with E-state index in [1.165, 1.54) is 4.90 Å². The van der Waals surface area contributed by atoms with Gasteiger partial charge in [-0.3, -0.25) is 14.9 Å². The molecule has 1 aliphatic rings. The number of rotatable bonds is 4. The van der Waals surface area contributed by atoms with Gasteiger partial charge in [0.05, 0.1) is 18.6 Å². The van der Waals surface area contributed by atoms with E-state index in [4.69, 9.17) is 4.74 Å². The molecule has 1 fully saturated rings. The Hall–Kier alpha value is -1.17. The first-order valence-electron chi connectivity index (χ1n) is 4.35. The molecule has 1 saturated heterocycles. The van der Waals surface area contributed by atoms with Crippen molar-refractivity contribution < 1.29 is 14.5 Å². The van der Waals surface area contributed by atoms with Gasteiger partial charge in [0.25, 0.3) is 0 Å². The molecule has 6 nitrogen and oxygen atoms in total. The van der Waals surface area contributed by atoms with E-state index in [-0.39, 0.29) is 23.8 Å². The fourth-order valence-corrected chi connectivity index (χ4v) is 1.39. The maximum atomic E-state index is 11.4. The highest BCUT2D eigenvalue weighted by atomic mass is 16.6. The molecule has 0 aliphatic carbocycles. The number of nitro groups is 1. The lowest BCUT2D eigenvalue weighted by Crippen LogP contribution is -2.50. The average molecular weight is 202 g/mol. The first-order valence-corrected chi connectivity index (χ1v) is 4.35. The van der Waals surface area contributed by atoms with Crippen LogP contribution < -0.4 is 0 Å². The lowest BCUT2D eigenvalue weighted by molar-refractivity contribution is -0.507. The Kier molecular flexibility index (Phi) is 3.05. The molecular weight excluding hydrogens is 188 g/mol. The molecule has 0 saturated carbocycles. The molecule has 0 unspecified atom stereocenters. The summed E-state index contributed by atoms with van der Waals surface area (Å²) in [5.41, 5.74) is -0.565. The maximum absolute atomic E-state index is 11.4. The van der Waals surface area contributed by atoms with Gasteiger partial charge >= 0.3 is 0 Å². The summed E-state index contributed by atoms with van der Waals surface area (Å²) in [6, 6.07) is 0.